The molecule has 0 saturated carbocycles. The zero-order chi connectivity index (χ0) is 19.9. The molecule has 2 aromatic rings. The Hall–Kier alpha value is -2.26. The first kappa shape index (κ1) is 19.1. The summed E-state index contributed by atoms with van der Waals surface area (Å²) in [6.45, 7) is 3.58. The third-order valence-electron chi connectivity index (χ3n) is 5.69. The summed E-state index contributed by atoms with van der Waals surface area (Å²) in [7, 11) is -1.29. The van der Waals surface area contributed by atoms with Crippen molar-refractivity contribution in [1.82, 2.24) is 24.0 Å². The van der Waals surface area contributed by atoms with Crippen molar-refractivity contribution in [2.75, 3.05) is 18.8 Å². The summed E-state index contributed by atoms with van der Waals surface area (Å²) in [5.41, 5.74) is 1.52. The van der Waals surface area contributed by atoms with Gasteiger partial charge in [0.25, 0.3) is 5.91 Å². The highest BCUT2D eigenvalue weighted by Gasteiger charge is 2.35. The van der Waals surface area contributed by atoms with E-state index in [1.807, 2.05) is 30.7 Å². The summed E-state index contributed by atoms with van der Waals surface area (Å²) < 4.78 is 28.1. The molecule has 8 nitrogen and oxygen atoms in total. The van der Waals surface area contributed by atoms with E-state index >= 15 is 0 Å². The van der Waals surface area contributed by atoms with Crippen LogP contribution in [0, 0.1) is 0 Å². The number of carbonyl (C=O) groups is 1. The van der Waals surface area contributed by atoms with Crippen LogP contribution in [0.4, 0.5) is 0 Å². The highest BCUT2D eigenvalue weighted by molar-refractivity contribution is 7.89. The third kappa shape index (κ3) is 3.56. The SMILES string of the molecule is CC1CCCS(=O)(=O)N1Cc1ccc(C(=O)N2CC(c3nncn3C)C2)cc1. The average molecular weight is 404 g/mol. The number of amides is 1. The van der Waals surface area contributed by atoms with Crippen molar-refractivity contribution < 1.29 is 13.2 Å². The molecule has 1 aromatic heterocycles. The fourth-order valence-corrected chi connectivity index (χ4v) is 5.70. The van der Waals surface area contributed by atoms with E-state index in [0.717, 1.165) is 24.2 Å². The van der Waals surface area contributed by atoms with Crippen molar-refractivity contribution >= 4 is 15.9 Å². The number of aryl methyl sites for hydroxylation is 1. The molecule has 1 amide bonds. The van der Waals surface area contributed by atoms with Crippen LogP contribution in [0.1, 0.15) is 47.4 Å². The highest BCUT2D eigenvalue weighted by atomic mass is 32.2. The quantitative estimate of drug-likeness (QED) is 0.769. The van der Waals surface area contributed by atoms with E-state index in [1.165, 1.54) is 0 Å². The number of benzene rings is 1. The molecule has 1 unspecified atom stereocenters. The maximum absolute atomic E-state index is 12.7. The van der Waals surface area contributed by atoms with Gasteiger partial charge < -0.3 is 9.47 Å². The number of hydrogen-bond acceptors (Lipinski definition) is 5. The van der Waals surface area contributed by atoms with Crippen molar-refractivity contribution in [2.45, 2.75) is 38.3 Å². The summed E-state index contributed by atoms with van der Waals surface area (Å²) in [5.74, 6) is 1.33. The van der Waals surface area contributed by atoms with E-state index in [2.05, 4.69) is 10.2 Å². The number of likely N-dealkylation sites (tertiary alicyclic amines) is 1. The Kier molecular flexibility index (Phi) is 4.96. The Morgan fingerprint density at radius 1 is 1.21 bits per heavy atom. The Morgan fingerprint density at radius 2 is 1.93 bits per heavy atom. The third-order valence-corrected chi connectivity index (χ3v) is 7.70. The van der Waals surface area contributed by atoms with Gasteiger partial charge in [-0.1, -0.05) is 12.1 Å². The monoisotopic (exact) mass is 403 g/mol. The van der Waals surface area contributed by atoms with Gasteiger partial charge in [-0.25, -0.2) is 8.42 Å². The van der Waals surface area contributed by atoms with Gasteiger partial charge in [0, 0.05) is 38.3 Å². The molecule has 9 heteroatoms. The molecule has 2 aliphatic heterocycles. The minimum Gasteiger partial charge on any atom is -0.337 e. The second-order valence-corrected chi connectivity index (χ2v) is 9.80. The van der Waals surface area contributed by atoms with Gasteiger partial charge >= 0.3 is 0 Å². The van der Waals surface area contributed by atoms with Crippen LogP contribution in [-0.4, -0.2) is 63.2 Å². The fraction of sp³-hybridized carbons (Fsp3) is 0.526. The number of sulfonamides is 1. The lowest BCUT2D eigenvalue weighted by molar-refractivity contribution is 0.0591. The van der Waals surface area contributed by atoms with Gasteiger partial charge in [0.1, 0.15) is 12.2 Å². The molecule has 1 atom stereocenters. The average Bonchev–Trinajstić information content (AvgIpc) is 3.03. The van der Waals surface area contributed by atoms with Crippen LogP contribution >= 0.6 is 0 Å². The Balaban J connectivity index is 1.38. The first-order chi connectivity index (χ1) is 13.3. The van der Waals surface area contributed by atoms with E-state index in [-0.39, 0.29) is 23.6 Å². The second kappa shape index (κ2) is 7.29. The van der Waals surface area contributed by atoms with E-state index < -0.39 is 10.0 Å². The summed E-state index contributed by atoms with van der Waals surface area (Å²) in [5, 5.41) is 8.00. The molecular weight excluding hydrogens is 378 g/mol. The number of carbonyl (C=O) groups excluding carboxylic acids is 1. The van der Waals surface area contributed by atoms with E-state index in [0.29, 0.717) is 25.2 Å². The molecule has 0 N–H and O–H groups in total. The molecule has 1 aromatic carbocycles. The summed E-state index contributed by atoms with van der Waals surface area (Å²) in [4.78, 5) is 14.5. The second-order valence-electron chi connectivity index (χ2n) is 7.76. The predicted octanol–water partition coefficient (Wildman–Crippen LogP) is 1.37. The first-order valence-electron chi connectivity index (χ1n) is 9.57. The van der Waals surface area contributed by atoms with Crippen LogP contribution in [-0.2, 0) is 23.6 Å². The van der Waals surface area contributed by atoms with Crippen LogP contribution < -0.4 is 0 Å². The smallest absolute Gasteiger partial charge is 0.253 e. The lowest BCUT2D eigenvalue weighted by Gasteiger charge is -2.38. The van der Waals surface area contributed by atoms with Gasteiger partial charge in [-0.3, -0.25) is 4.79 Å². The highest BCUT2D eigenvalue weighted by Crippen LogP contribution is 2.27. The number of hydrogen-bond donors (Lipinski definition) is 0. The minimum absolute atomic E-state index is 0.0102. The molecule has 2 saturated heterocycles. The summed E-state index contributed by atoms with van der Waals surface area (Å²) in [6.07, 6.45) is 3.28. The van der Waals surface area contributed by atoms with Crippen LogP contribution in [0.15, 0.2) is 30.6 Å². The van der Waals surface area contributed by atoms with Gasteiger partial charge in [0.05, 0.1) is 11.7 Å². The lowest BCUT2D eigenvalue weighted by Crippen LogP contribution is -2.49. The molecule has 150 valence electrons. The molecule has 28 heavy (non-hydrogen) atoms. The van der Waals surface area contributed by atoms with Gasteiger partial charge in [-0.2, -0.15) is 4.31 Å². The minimum atomic E-state index is -3.19. The summed E-state index contributed by atoms with van der Waals surface area (Å²) >= 11 is 0. The van der Waals surface area contributed by atoms with Crippen molar-refractivity contribution in [3.63, 3.8) is 0 Å². The number of aromatic nitrogens is 3. The normalized spacial score (nSPS) is 22.8. The van der Waals surface area contributed by atoms with Gasteiger partial charge in [-0.15, -0.1) is 10.2 Å². The first-order valence-corrected chi connectivity index (χ1v) is 11.2. The number of nitrogens with zero attached hydrogens (tertiary/aromatic N) is 5. The molecular formula is C19H25N5O3S. The molecule has 0 radical (unpaired) electrons. The molecule has 3 heterocycles. The largest absolute Gasteiger partial charge is 0.337 e. The molecule has 4 rings (SSSR count). The Labute approximate surface area is 165 Å². The van der Waals surface area contributed by atoms with Gasteiger partial charge in [0.2, 0.25) is 10.0 Å². The standard InChI is InChI=1S/C19H25N5O3S/c1-14-4-3-9-28(26,27)24(14)10-15-5-7-16(8-6-15)19(25)23-11-17(12-23)18-21-20-13-22(18)2/h5-8,13-14,17H,3-4,9-12H2,1-2H3. The van der Waals surface area contributed by atoms with E-state index in [1.54, 1.807) is 27.7 Å². The van der Waals surface area contributed by atoms with Crippen LogP contribution in [0.3, 0.4) is 0 Å². The maximum atomic E-state index is 12.7. The van der Waals surface area contributed by atoms with E-state index in [4.69, 9.17) is 0 Å². The predicted molar refractivity (Wildman–Crippen MR) is 104 cm³/mol. The van der Waals surface area contributed by atoms with E-state index in [9.17, 15) is 13.2 Å². The fourth-order valence-electron chi connectivity index (χ4n) is 3.94. The van der Waals surface area contributed by atoms with Gasteiger partial charge in [-0.05, 0) is 37.5 Å². The molecule has 0 spiro atoms. The zero-order valence-corrected chi connectivity index (χ0v) is 17.0. The van der Waals surface area contributed by atoms with Crippen molar-refractivity contribution in [1.29, 1.82) is 0 Å². The molecule has 2 aliphatic rings. The van der Waals surface area contributed by atoms with Crippen LogP contribution in [0.2, 0.25) is 0 Å². The van der Waals surface area contributed by atoms with Crippen LogP contribution in [0.5, 0.6) is 0 Å². The van der Waals surface area contributed by atoms with Crippen LogP contribution in [0.25, 0.3) is 0 Å². The molecule has 0 aliphatic carbocycles. The molecule has 2 fully saturated rings. The van der Waals surface area contributed by atoms with Gasteiger partial charge in [0.15, 0.2) is 0 Å². The number of rotatable bonds is 4. The van der Waals surface area contributed by atoms with Crippen molar-refractivity contribution in [3.05, 3.63) is 47.5 Å². The molecule has 0 bridgehead atoms. The van der Waals surface area contributed by atoms with Crippen molar-refractivity contribution in [2.24, 2.45) is 7.05 Å². The summed E-state index contributed by atoms with van der Waals surface area (Å²) in [6, 6.07) is 7.29. The zero-order valence-electron chi connectivity index (χ0n) is 16.2. The van der Waals surface area contributed by atoms with Crippen molar-refractivity contribution in [3.8, 4) is 0 Å². The maximum Gasteiger partial charge on any atom is 0.253 e. The lowest BCUT2D eigenvalue weighted by atomic mass is 9.97. The Morgan fingerprint density at radius 3 is 2.54 bits per heavy atom. The topological polar surface area (TPSA) is 88.4 Å². The Bertz CT molecular complexity index is 964.